The summed E-state index contributed by atoms with van der Waals surface area (Å²) in [6.45, 7) is -1.64. The molecule has 3 aromatic carbocycles. The van der Waals surface area contributed by atoms with E-state index in [1.54, 1.807) is 0 Å². The fourth-order valence-corrected chi connectivity index (χ4v) is 4.15. The summed E-state index contributed by atoms with van der Waals surface area (Å²) in [6.07, 6.45) is -6.56. The highest BCUT2D eigenvalue weighted by atomic mass is 35.5. The molecule has 0 saturated carbocycles. The summed E-state index contributed by atoms with van der Waals surface area (Å²) in [6, 6.07) is 15.1. The fraction of sp³-hybridized carbons (Fsp3) is 0.125. The number of benzodiazepines with no additional fused rings is 1. The maximum atomic E-state index is 14.7. The van der Waals surface area contributed by atoms with E-state index in [1.165, 1.54) is 60.7 Å². The van der Waals surface area contributed by atoms with Crippen molar-refractivity contribution in [3.8, 4) is 0 Å². The summed E-state index contributed by atoms with van der Waals surface area (Å²) in [5.41, 5.74) is -0.211. The number of halogens is 6. The molecule has 1 aliphatic rings. The summed E-state index contributed by atoms with van der Waals surface area (Å²) in [4.78, 5) is 30.9. The first kappa shape index (κ1) is 24.7. The molecule has 35 heavy (non-hydrogen) atoms. The third-order valence-electron chi connectivity index (χ3n) is 5.07. The van der Waals surface area contributed by atoms with Crippen molar-refractivity contribution < 1.29 is 27.2 Å². The molecule has 1 atom stereocenters. The average molecular weight is 524 g/mol. The third-order valence-corrected chi connectivity index (χ3v) is 5.50. The first-order valence-electron chi connectivity index (χ1n) is 10.1. The van der Waals surface area contributed by atoms with Gasteiger partial charge in [-0.25, -0.2) is 9.38 Å². The molecule has 4 rings (SSSR count). The zero-order valence-electron chi connectivity index (χ0n) is 17.6. The summed E-state index contributed by atoms with van der Waals surface area (Å²) >= 11 is 11.9. The number of alkyl halides is 3. The molecule has 0 fully saturated rings. The summed E-state index contributed by atoms with van der Waals surface area (Å²) < 4.78 is 55.1. The number of hydrogen-bond acceptors (Lipinski definition) is 3. The van der Waals surface area contributed by atoms with Crippen LogP contribution in [0.15, 0.2) is 71.7 Å². The molecule has 5 nitrogen and oxygen atoms in total. The standard InChI is InChI=1S/C24H15Cl2F4N3O2/c25-14-9-13(10-15(26)11-14)22(34)32-21-23(35)33(12-24(28,29)30)19-8-4-2-6-17(19)20(31-21)16-5-1-3-7-18(16)27/h1-11,21H,12H2,(H,32,34). The SMILES string of the molecule is O=C(NC1N=C(c2ccccc2F)c2ccccc2N(CC(F)(F)F)C1=O)c1cc(Cl)cc(Cl)c1. The Morgan fingerprint density at radius 3 is 2.20 bits per heavy atom. The van der Waals surface area contributed by atoms with Crippen molar-refractivity contribution in [1.82, 2.24) is 5.32 Å². The minimum Gasteiger partial charge on any atom is -0.322 e. The van der Waals surface area contributed by atoms with Crippen LogP contribution in [0.1, 0.15) is 21.5 Å². The minimum absolute atomic E-state index is 0.0397. The van der Waals surface area contributed by atoms with Crippen molar-refractivity contribution in [2.45, 2.75) is 12.3 Å². The van der Waals surface area contributed by atoms with Crippen LogP contribution in [0.25, 0.3) is 0 Å². The summed E-state index contributed by atoms with van der Waals surface area (Å²) in [5.74, 6) is -2.71. The molecule has 0 radical (unpaired) electrons. The Morgan fingerprint density at radius 2 is 1.57 bits per heavy atom. The van der Waals surface area contributed by atoms with Gasteiger partial charge in [-0.1, -0.05) is 53.5 Å². The largest absolute Gasteiger partial charge is 0.406 e. The van der Waals surface area contributed by atoms with Gasteiger partial charge < -0.3 is 5.32 Å². The Morgan fingerprint density at radius 1 is 0.971 bits per heavy atom. The highest BCUT2D eigenvalue weighted by molar-refractivity contribution is 6.35. The van der Waals surface area contributed by atoms with Crippen LogP contribution in [0.4, 0.5) is 23.2 Å². The quantitative estimate of drug-likeness (QED) is 0.450. The number of hydrogen-bond donors (Lipinski definition) is 1. The normalized spacial score (nSPS) is 15.8. The third kappa shape index (κ3) is 5.47. The molecule has 180 valence electrons. The van der Waals surface area contributed by atoms with Gasteiger partial charge in [-0.15, -0.1) is 0 Å². The maximum absolute atomic E-state index is 14.7. The number of para-hydroxylation sites is 1. The van der Waals surface area contributed by atoms with Gasteiger partial charge in [-0.3, -0.25) is 14.5 Å². The van der Waals surface area contributed by atoms with Crippen LogP contribution < -0.4 is 10.2 Å². The Hall–Kier alpha value is -3.43. The van der Waals surface area contributed by atoms with Crippen molar-refractivity contribution in [2.24, 2.45) is 4.99 Å². The van der Waals surface area contributed by atoms with Crippen LogP contribution in [0.5, 0.6) is 0 Å². The van der Waals surface area contributed by atoms with Gasteiger partial charge in [0.2, 0.25) is 6.17 Å². The van der Waals surface area contributed by atoms with Crippen LogP contribution >= 0.6 is 23.2 Å². The molecular formula is C24H15Cl2F4N3O2. The maximum Gasteiger partial charge on any atom is 0.406 e. The summed E-state index contributed by atoms with van der Waals surface area (Å²) in [5, 5.41) is 2.60. The van der Waals surface area contributed by atoms with Gasteiger partial charge in [0.25, 0.3) is 11.8 Å². The predicted octanol–water partition coefficient (Wildman–Crippen LogP) is 5.63. The lowest BCUT2D eigenvalue weighted by Crippen LogP contribution is -2.50. The van der Waals surface area contributed by atoms with E-state index in [1.807, 2.05) is 0 Å². The Balaban J connectivity index is 1.86. The van der Waals surface area contributed by atoms with Crippen molar-refractivity contribution in [1.29, 1.82) is 0 Å². The number of nitrogens with one attached hydrogen (secondary N) is 1. The van der Waals surface area contributed by atoms with Gasteiger partial charge in [-0.2, -0.15) is 13.2 Å². The average Bonchev–Trinajstić information content (AvgIpc) is 2.89. The van der Waals surface area contributed by atoms with Gasteiger partial charge >= 0.3 is 6.18 Å². The van der Waals surface area contributed by atoms with E-state index in [0.29, 0.717) is 4.90 Å². The van der Waals surface area contributed by atoms with Gasteiger partial charge in [0.05, 0.1) is 11.4 Å². The van der Waals surface area contributed by atoms with E-state index >= 15 is 0 Å². The molecule has 0 bridgehead atoms. The van der Waals surface area contributed by atoms with E-state index < -0.39 is 36.5 Å². The lowest BCUT2D eigenvalue weighted by Gasteiger charge is -2.26. The first-order valence-corrected chi connectivity index (χ1v) is 10.9. The second-order valence-corrected chi connectivity index (χ2v) is 8.42. The Bertz CT molecular complexity index is 1320. The van der Waals surface area contributed by atoms with Gasteiger partial charge in [0, 0.05) is 26.7 Å². The smallest absolute Gasteiger partial charge is 0.322 e. The molecule has 1 N–H and O–H groups in total. The van der Waals surface area contributed by atoms with Crippen molar-refractivity contribution in [2.75, 3.05) is 11.4 Å². The molecule has 0 aromatic heterocycles. The number of fused-ring (bicyclic) bond motifs is 1. The van der Waals surface area contributed by atoms with Crippen molar-refractivity contribution >= 4 is 46.4 Å². The lowest BCUT2D eigenvalue weighted by molar-refractivity contribution is -0.133. The van der Waals surface area contributed by atoms with E-state index in [0.717, 1.165) is 6.07 Å². The van der Waals surface area contributed by atoms with Crippen LogP contribution in [-0.2, 0) is 4.79 Å². The molecule has 1 aliphatic heterocycles. The van der Waals surface area contributed by atoms with Crippen LogP contribution in [0, 0.1) is 5.82 Å². The number of carbonyl (C=O) groups is 2. The monoisotopic (exact) mass is 523 g/mol. The number of carbonyl (C=O) groups excluding carboxylic acids is 2. The Labute approximate surface area is 207 Å². The van der Waals surface area contributed by atoms with Gasteiger partial charge in [0.15, 0.2) is 0 Å². The second-order valence-electron chi connectivity index (χ2n) is 7.55. The molecule has 11 heteroatoms. The van der Waals surface area contributed by atoms with Crippen LogP contribution in [-0.4, -0.2) is 36.4 Å². The molecule has 0 saturated heterocycles. The number of benzene rings is 3. The highest BCUT2D eigenvalue weighted by Gasteiger charge is 2.40. The fourth-order valence-electron chi connectivity index (χ4n) is 3.63. The Kier molecular flexibility index (Phi) is 6.82. The van der Waals surface area contributed by atoms with E-state index in [4.69, 9.17) is 23.2 Å². The molecular weight excluding hydrogens is 509 g/mol. The second kappa shape index (κ2) is 9.67. The molecule has 1 heterocycles. The molecule has 0 spiro atoms. The number of aliphatic imine (C=N–C) groups is 1. The first-order chi connectivity index (χ1) is 16.5. The number of amides is 2. The highest BCUT2D eigenvalue weighted by Crippen LogP contribution is 2.31. The molecule has 1 unspecified atom stereocenters. The zero-order valence-corrected chi connectivity index (χ0v) is 19.1. The van der Waals surface area contributed by atoms with Gasteiger partial charge in [-0.05, 0) is 36.4 Å². The summed E-state index contributed by atoms with van der Waals surface area (Å²) in [7, 11) is 0. The molecule has 0 aliphatic carbocycles. The van der Waals surface area contributed by atoms with Gasteiger partial charge in [0.1, 0.15) is 12.4 Å². The van der Waals surface area contributed by atoms with Crippen molar-refractivity contribution in [3.05, 3.63) is 99.3 Å². The zero-order chi connectivity index (χ0) is 25.3. The van der Waals surface area contributed by atoms with Crippen LogP contribution in [0.2, 0.25) is 10.0 Å². The van der Waals surface area contributed by atoms with E-state index in [9.17, 15) is 27.2 Å². The predicted molar refractivity (Wildman–Crippen MR) is 125 cm³/mol. The van der Waals surface area contributed by atoms with Crippen LogP contribution in [0.3, 0.4) is 0 Å². The molecule has 3 aromatic rings. The molecule has 2 amide bonds. The van der Waals surface area contributed by atoms with E-state index in [2.05, 4.69) is 10.3 Å². The topological polar surface area (TPSA) is 61.8 Å². The number of nitrogens with zero attached hydrogens (tertiary/aromatic N) is 2. The van der Waals surface area contributed by atoms with E-state index in [-0.39, 0.29) is 38.1 Å². The minimum atomic E-state index is -4.76. The van der Waals surface area contributed by atoms with Crippen molar-refractivity contribution in [3.63, 3.8) is 0 Å². The lowest BCUT2D eigenvalue weighted by atomic mass is 9.99. The number of anilines is 1. The number of rotatable bonds is 4.